The quantitative estimate of drug-likeness (QED) is 0.776. The third kappa shape index (κ3) is 3.50. The van der Waals surface area contributed by atoms with Gasteiger partial charge in [-0.25, -0.2) is 0 Å². The number of ether oxygens (including phenoxy) is 2. The van der Waals surface area contributed by atoms with Crippen molar-refractivity contribution in [1.29, 1.82) is 0 Å². The van der Waals surface area contributed by atoms with Gasteiger partial charge in [-0.1, -0.05) is 18.6 Å². The van der Waals surface area contributed by atoms with E-state index in [9.17, 15) is 4.79 Å². The lowest BCUT2D eigenvalue weighted by atomic mass is 9.81. The Hall–Kier alpha value is -1.88. The van der Waals surface area contributed by atoms with Crippen LogP contribution in [0.4, 0.5) is 5.69 Å². The lowest BCUT2D eigenvalue weighted by molar-refractivity contribution is -0.148. The number of rotatable bonds is 3. The topological polar surface area (TPSA) is 51.1 Å². The van der Waals surface area contributed by atoms with E-state index in [1.54, 1.807) is 0 Å². The first kappa shape index (κ1) is 17.5. The van der Waals surface area contributed by atoms with Gasteiger partial charge >= 0.3 is 5.97 Å². The summed E-state index contributed by atoms with van der Waals surface area (Å²) in [5.41, 5.74) is 2.98. The van der Waals surface area contributed by atoms with Gasteiger partial charge in [-0.05, 0) is 50.3 Å². The molecule has 0 N–H and O–H groups in total. The minimum atomic E-state index is -0.405. The molecule has 0 unspecified atom stereocenters. The van der Waals surface area contributed by atoms with E-state index in [2.05, 4.69) is 36.1 Å². The van der Waals surface area contributed by atoms with Gasteiger partial charge in [0.05, 0.1) is 31.4 Å². The molecule has 140 valence electrons. The van der Waals surface area contributed by atoms with Crippen molar-refractivity contribution >= 4 is 17.4 Å². The molecule has 2 heterocycles. The summed E-state index contributed by atoms with van der Waals surface area (Å²) in [6, 6.07) is 8.70. The van der Waals surface area contributed by atoms with Crippen LogP contribution in [0, 0.1) is 0 Å². The average molecular weight is 356 g/mol. The lowest BCUT2D eigenvalue weighted by Crippen LogP contribution is -2.38. The summed E-state index contributed by atoms with van der Waals surface area (Å²) in [5.74, 6) is -0.111. The van der Waals surface area contributed by atoms with E-state index in [-0.39, 0.29) is 12.0 Å². The highest BCUT2D eigenvalue weighted by molar-refractivity contribution is 6.09. The number of carbonyl (C=O) groups is 1. The van der Waals surface area contributed by atoms with E-state index >= 15 is 0 Å². The third-order valence-corrected chi connectivity index (χ3v) is 5.91. The Morgan fingerprint density at radius 1 is 1.08 bits per heavy atom. The lowest BCUT2D eigenvalue weighted by Gasteiger charge is -2.32. The number of morpholine rings is 1. The fourth-order valence-corrected chi connectivity index (χ4v) is 4.38. The predicted molar refractivity (Wildman–Crippen MR) is 102 cm³/mol. The summed E-state index contributed by atoms with van der Waals surface area (Å²) in [6.07, 6.45) is 5.69. The van der Waals surface area contributed by atoms with E-state index in [0.29, 0.717) is 6.42 Å². The second-order valence-electron chi connectivity index (χ2n) is 7.65. The Morgan fingerprint density at radius 3 is 2.46 bits per heavy atom. The zero-order valence-corrected chi connectivity index (χ0v) is 15.6. The Bertz CT molecular complexity index is 671. The van der Waals surface area contributed by atoms with Crippen molar-refractivity contribution in [2.24, 2.45) is 4.99 Å². The van der Waals surface area contributed by atoms with Crippen molar-refractivity contribution in [2.75, 3.05) is 31.2 Å². The number of hydrogen-bond acceptors (Lipinski definition) is 5. The molecule has 3 fully saturated rings. The number of hydrogen-bond donors (Lipinski definition) is 0. The molecule has 3 aliphatic rings. The van der Waals surface area contributed by atoms with Gasteiger partial charge in [0.25, 0.3) is 0 Å². The van der Waals surface area contributed by atoms with Crippen LogP contribution in [0.2, 0.25) is 0 Å². The van der Waals surface area contributed by atoms with E-state index in [1.165, 1.54) is 17.7 Å². The summed E-state index contributed by atoms with van der Waals surface area (Å²) in [7, 11) is 0. The van der Waals surface area contributed by atoms with Crippen molar-refractivity contribution < 1.29 is 14.3 Å². The molecular weight excluding hydrogens is 328 g/mol. The highest BCUT2D eigenvalue weighted by Gasteiger charge is 2.46. The van der Waals surface area contributed by atoms with E-state index < -0.39 is 5.60 Å². The molecule has 1 aromatic rings. The van der Waals surface area contributed by atoms with Crippen molar-refractivity contribution in [3.8, 4) is 0 Å². The minimum Gasteiger partial charge on any atom is -0.453 e. The molecule has 5 nitrogen and oxygen atoms in total. The highest BCUT2D eigenvalue weighted by Crippen LogP contribution is 2.39. The van der Waals surface area contributed by atoms with Crippen molar-refractivity contribution in [3.05, 3.63) is 29.8 Å². The van der Waals surface area contributed by atoms with E-state index in [4.69, 9.17) is 14.5 Å². The van der Waals surface area contributed by atoms with Crippen molar-refractivity contribution in [2.45, 2.75) is 57.1 Å². The monoisotopic (exact) mass is 356 g/mol. The molecule has 2 aliphatic heterocycles. The zero-order valence-electron chi connectivity index (χ0n) is 15.6. The highest BCUT2D eigenvalue weighted by atomic mass is 16.6. The summed E-state index contributed by atoms with van der Waals surface area (Å²) in [6.45, 7) is 5.58. The Balaban J connectivity index is 1.50. The van der Waals surface area contributed by atoms with Gasteiger partial charge in [0.1, 0.15) is 0 Å². The molecule has 0 bridgehead atoms. The number of esters is 1. The van der Waals surface area contributed by atoms with Gasteiger partial charge in [0.2, 0.25) is 0 Å². The second kappa shape index (κ2) is 7.39. The summed E-state index contributed by atoms with van der Waals surface area (Å²) in [5, 5.41) is 0. The fourth-order valence-electron chi connectivity index (χ4n) is 4.38. The molecule has 0 aromatic heterocycles. The van der Waals surface area contributed by atoms with Crippen molar-refractivity contribution in [3.63, 3.8) is 0 Å². The Kier molecular flexibility index (Phi) is 4.98. The van der Waals surface area contributed by atoms with Crippen LogP contribution >= 0.6 is 0 Å². The van der Waals surface area contributed by atoms with Gasteiger partial charge in [-0.3, -0.25) is 9.79 Å². The molecule has 5 heteroatoms. The van der Waals surface area contributed by atoms with Crippen LogP contribution in [0.5, 0.6) is 0 Å². The van der Waals surface area contributed by atoms with Crippen LogP contribution in [-0.4, -0.2) is 43.6 Å². The SMILES string of the molecule is C[C@@H](N=C1CC(=O)OC12CCCCC2)c1ccc(N2CCOCC2)cc1. The average Bonchev–Trinajstić information content (AvgIpc) is 2.97. The maximum Gasteiger partial charge on any atom is 0.312 e. The normalized spacial score (nSPS) is 25.5. The van der Waals surface area contributed by atoms with Gasteiger partial charge in [0.15, 0.2) is 5.60 Å². The van der Waals surface area contributed by atoms with Crippen LogP contribution in [0.3, 0.4) is 0 Å². The third-order valence-electron chi connectivity index (χ3n) is 5.91. The standard InChI is InChI=1S/C21H28N2O3/c1-16(17-5-7-18(8-6-17)23-11-13-25-14-12-23)22-19-15-20(24)26-21(19)9-3-2-4-10-21/h5-8,16H,2-4,9-15H2,1H3/t16-/m1/s1. The van der Waals surface area contributed by atoms with E-state index in [1.807, 2.05) is 0 Å². The van der Waals surface area contributed by atoms with Crippen LogP contribution < -0.4 is 4.90 Å². The maximum atomic E-state index is 11.9. The predicted octanol–water partition coefficient (Wildman–Crippen LogP) is 3.68. The summed E-state index contributed by atoms with van der Waals surface area (Å²) < 4.78 is 11.2. The number of aliphatic imine (C=N–C) groups is 1. The first-order valence-corrected chi connectivity index (χ1v) is 9.88. The largest absolute Gasteiger partial charge is 0.453 e. The molecule has 1 spiro atoms. The smallest absolute Gasteiger partial charge is 0.312 e. The molecule has 0 amide bonds. The second-order valence-corrected chi connectivity index (χ2v) is 7.65. The molecule has 4 rings (SSSR count). The molecule has 26 heavy (non-hydrogen) atoms. The molecular formula is C21H28N2O3. The number of nitrogens with zero attached hydrogens (tertiary/aromatic N) is 2. The fraction of sp³-hybridized carbons (Fsp3) is 0.619. The number of carbonyl (C=O) groups excluding carboxylic acids is 1. The van der Waals surface area contributed by atoms with Gasteiger partial charge in [-0.15, -0.1) is 0 Å². The van der Waals surface area contributed by atoms with Gasteiger partial charge in [0, 0.05) is 18.8 Å². The van der Waals surface area contributed by atoms with Crippen molar-refractivity contribution in [1.82, 2.24) is 0 Å². The number of anilines is 1. The Morgan fingerprint density at radius 2 is 1.77 bits per heavy atom. The van der Waals surface area contributed by atoms with E-state index in [0.717, 1.165) is 57.7 Å². The first-order chi connectivity index (χ1) is 12.7. The zero-order chi connectivity index (χ0) is 18.0. The molecule has 1 aromatic carbocycles. The first-order valence-electron chi connectivity index (χ1n) is 9.88. The van der Waals surface area contributed by atoms with Gasteiger partial charge in [-0.2, -0.15) is 0 Å². The van der Waals surface area contributed by atoms with Crippen LogP contribution in [-0.2, 0) is 14.3 Å². The van der Waals surface area contributed by atoms with Crippen LogP contribution in [0.25, 0.3) is 0 Å². The maximum absolute atomic E-state index is 11.9. The Labute approximate surface area is 155 Å². The molecule has 1 saturated carbocycles. The van der Waals surface area contributed by atoms with Crippen LogP contribution in [0.15, 0.2) is 29.3 Å². The number of benzene rings is 1. The molecule has 1 aliphatic carbocycles. The minimum absolute atomic E-state index is 0.0389. The molecule has 1 atom stereocenters. The molecule has 2 saturated heterocycles. The summed E-state index contributed by atoms with van der Waals surface area (Å²) >= 11 is 0. The summed E-state index contributed by atoms with van der Waals surface area (Å²) in [4.78, 5) is 19.3. The molecule has 0 radical (unpaired) electrons. The van der Waals surface area contributed by atoms with Crippen LogP contribution in [0.1, 0.15) is 57.1 Å². The van der Waals surface area contributed by atoms with Gasteiger partial charge < -0.3 is 14.4 Å².